The van der Waals surface area contributed by atoms with Gasteiger partial charge in [-0.1, -0.05) is 27.7 Å². The number of hydrogen-bond acceptors (Lipinski definition) is 7. The number of aliphatic hydroxyl groups excluding tert-OH is 2. The van der Waals surface area contributed by atoms with Crippen molar-refractivity contribution in [2.24, 2.45) is 34.0 Å². The Morgan fingerprint density at radius 1 is 1.19 bits per heavy atom. The highest BCUT2D eigenvalue weighted by molar-refractivity contribution is 5.87. The smallest absolute Gasteiger partial charge is 0.340 e. The predicted molar refractivity (Wildman–Crippen MR) is 90.3 cm³/mol. The van der Waals surface area contributed by atoms with Gasteiger partial charge in [-0.3, -0.25) is 0 Å². The van der Waals surface area contributed by atoms with E-state index in [2.05, 4.69) is 20.8 Å². The van der Waals surface area contributed by atoms with Gasteiger partial charge in [0.1, 0.15) is 6.10 Å². The number of esters is 1. The van der Waals surface area contributed by atoms with E-state index in [0.717, 1.165) is 0 Å². The van der Waals surface area contributed by atoms with Gasteiger partial charge in [-0.2, -0.15) is 0 Å². The predicted octanol–water partition coefficient (Wildman–Crippen LogP) is 0.462. The highest BCUT2D eigenvalue weighted by atomic mass is 16.7. The maximum atomic E-state index is 13.3. The molecule has 7 heteroatoms. The van der Waals surface area contributed by atoms with Crippen molar-refractivity contribution in [2.45, 2.75) is 70.4 Å². The number of carbonyl (C=O) groups excluding carboxylic acids is 1. The number of hydrogen-bond donors (Lipinski definition) is 2. The molecule has 0 aromatic carbocycles. The van der Waals surface area contributed by atoms with Crippen LogP contribution in [0.5, 0.6) is 0 Å². The molecule has 0 bridgehead atoms. The molecular formula is C20H28O7. The third kappa shape index (κ3) is 1.36. The lowest BCUT2D eigenvalue weighted by molar-refractivity contribution is -0.205. The van der Waals surface area contributed by atoms with Gasteiger partial charge in [0.15, 0.2) is 11.9 Å². The second kappa shape index (κ2) is 4.54. The minimum absolute atomic E-state index is 0.0528. The molecule has 4 aliphatic heterocycles. The van der Waals surface area contributed by atoms with Crippen LogP contribution < -0.4 is 0 Å². The van der Waals surface area contributed by atoms with Crippen molar-refractivity contribution in [3.8, 4) is 0 Å². The summed E-state index contributed by atoms with van der Waals surface area (Å²) in [5, 5.41) is 23.1. The third-order valence-corrected chi connectivity index (χ3v) is 8.77. The first-order valence-corrected chi connectivity index (χ1v) is 10.1. The Balaban J connectivity index is 1.68. The summed E-state index contributed by atoms with van der Waals surface area (Å²) < 4.78 is 24.4. The summed E-state index contributed by atoms with van der Waals surface area (Å²) in [5.41, 5.74) is -3.28. The van der Waals surface area contributed by atoms with Crippen LogP contribution in [0.15, 0.2) is 0 Å². The molecule has 2 spiro atoms. The summed E-state index contributed by atoms with van der Waals surface area (Å²) in [7, 11) is 0. The monoisotopic (exact) mass is 380 g/mol. The van der Waals surface area contributed by atoms with Gasteiger partial charge in [0.05, 0.1) is 36.9 Å². The van der Waals surface area contributed by atoms with Crippen LogP contribution in [0.25, 0.3) is 0 Å². The molecule has 0 aromatic rings. The van der Waals surface area contributed by atoms with Gasteiger partial charge in [0, 0.05) is 17.3 Å². The molecule has 2 saturated carbocycles. The Hall–Kier alpha value is -0.730. The molecular weight excluding hydrogens is 352 g/mol. The van der Waals surface area contributed by atoms with Crippen molar-refractivity contribution in [1.29, 1.82) is 0 Å². The zero-order valence-corrected chi connectivity index (χ0v) is 16.2. The van der Waals surface area contributed by atoms with E-state index in [9.17, 15) is 15.0 Å². The third-order valence-electron chi connectivity index (χ3n) is 8.77. The Labute approximate surface area is 158 Å². The molecule has 2 N–H and O–H groups in total. The maximum absolute atomic E-state index is 13.3. The van der Waals surface area contributed by atoms with Crippen molar-refractivity contribution in [1.82, 2.24) is 0 Å². The van der Waals surface area contributed by atoms with Gasteiger partial charge in [-0.15, -0.1) is 0 Å². The maximum Gasteiger partial charge on any atom is 0.340 e. The normalized spacial score (nSPS) is 63.1. The summed E-state index contributed by atoms with van der Waals surface area (Å²) in [4.78, 5) is 13.3. The molecule has 7 nitrogen and oxygen atoms in total. The van der Waals surface area contributed by atoms with Crippen LogP contribution in [0.1, 0.15) is 34.1 Å². The minimum Gasteiger partial charge on any atom is -0.457 e. The molecule has 11 atom stereocenters. The molecule has 6 aliphatic rings. The van der Waals surface area contributed by atoms with E-state index in [1.54, 1.807) is 0 Å². The first-order chi connectivity index (χ1) is 12.7. The first-order valence-electron chi connectivity index (χ1n) is 10.1. The van der Waals surface area contributed by atoms with Crippen LogP contribution in [-0.2, 0) is 23.7 Å². The van der Waals surface area contributed by atoms with Crippen LogP contribution in [0, 0.1) is 34.0 Å². The summed E-state index contributed by atoms with van der Waals surface area (Å²) in [6.07, 6.45) is -3.05. The second-order valence-corrected chi connectivity index (χ2v) is 10.6. The standard InChI is InChI=1S/C20H28O7/c1-8-7-25-11-9(8)20-15(23)26-14-10(21)12(17(2,3)4)18(19(14,20)13(11)22)5-6-24-16(18)27-20/h8-14,16,21-22H,5-7H2,1-4H3/t8-,9?,10-,11?,12+,13?,14?,16+,18?,19?,20?/m1/s1. The van der Waals surface area contributed by atoms with Crippen LogP contribution in [-0.4, -0.2) is 65.7 Å². The molecule has 6 fully saturated rings. The van der Waals surface area contributed by atoms with Gasteiger partial charge in [-0.05, 0) is 17.8 Å². The fourth-order valence-electron chi connectivity index (χ4n) is 8.53. The lowest BCUT2D eigenvalue weighted by atomic mass is 9.52. The molecule has 0 aromatic heterocycles. The molecule has 150 valence electrons. The van der Waals surface area contributed by atoms with Gasteiger partial charge in [0.2, 0.25) is 0 Å². The lowest BCUT2D eigenvalue weighted by Gasteiger charge is -2.47. The van der Waals surface area contributed by atoms with E-state index in [4.69, 9.17) is 18.9 Å². The zero-order valence-electron chi connectivity index (χ0n) is 16.2. The average molecular weight is 380 g/mol. The summed E-state index contributed by atoms with van der Waals surface area (Å²) in [6, 6.07) is 0. The largest absolute Gasteiger partial charge is 0.457 e. The average Bonchev–Trinajstić information content (AvgIpc) is 3.30. The Bertz CT molecular complexity index is 732. The number of ether oxygens (including phenoxy) is 4. The zero-order chi connectivity index (χ0) is 19.1. The van der Waals surface area contributed by atoms with Crippen molar-refractivity contribution in [3.05, 3.63) is 0 Å². The molecule has 6 rings (SSSR count). The Morgan fingerprint density at radius 3 is 2.63 bits per heavy atom. The highest BCUT2D eigenvalue weighted by Gasteiger charge is 2.98. The number of carbonyl (C=O) groups is 1. The van der Waals surface area contributed by atoms with Gasteiger partial charge < -0.3 is 29.2 Å². The van der Waals surface area contributed by atoms with Crippen LogP contribution in [0.4, 0.5) is 0 Å². The molecule has 0 amide bonds. The van der Waals surface area contributed by atoms with E-state index in [0.29, 0.717) is 19.6 Å². The summed E-state index contributed by atoms with van der Waals surface area (Å²) in [5.74, 6) is -0.916. The lowest BCUT2D eigenvalue weighted by Crippen LogP contribution is -2.59. The van der Waals surface area contributed by atoms with Crippen molar-refractivity contribution < 1.29 is 34.0 Å². The van der Waals surface area contributed by atoms with E-state index in [-0.39, 0.29) is 23.2 Å². The van der Waals surface area contributed by atoms with E-state index in [1.165, 1.54) is 0 Å². The van der Waals surface area contributed by atoms with E-state index < -0.39 is 53.1 Å². The number of aliphatic hydroxyl groups is 2. The van der Waals surface area contributed by atoms with Crippen LogP contribution in [0.2, 0.25) is 0 Å². The molecule has 4 saturated heterocycles. The summed E-state index contributed by atoms with van der Waals surface area (Å²) in [6.45, 7) is 9.27. The summed E-state index contributed by atoms with van der Waals surface area (Å²) >= 11 is 0. The van der Waals surface area contributed by atoms with Crippen LogP contribution >= 0.6 is 0 Å². The number of rotatable bonds is 0. The second-order valence-electron chi connectivity index (χ2n) is 10.6. The number of fused-ring (bicyclic) bond motifs is 1. The Morgan fingerprint density at radius 2 is 1.93 bits per heavy atom. The van der Waals surface area contributed by atoms with Crippen molar-refractivity contribution in [2.75, 3.05) is 13.2 Å². The molecule has 0 radical (unpaired) electrons. The SMILES string of the molecule is C[C@@H]1COC2C1C13O[C@@H]4OCCC45[C@H](C(C)(C)C)[C@@H](O)C(OC1=O)C35C2O. The van der Waals surface area contributed by atoms with E-state index >= 15 is 0 Å². The molecule has 2 aliphatic carbocycles. The first kappa shape index (κ1) is 17.2. The van der Waals surface area contributed by atoms with Crippen molar-refractivity contribution >= 4 is 5.97 Å². The highest BCUT2D eigenvalue weighted by Crippen LogP contribution is 2.83. The Kier molecular flexibility index (Phi) is 2.88. The molecule has 7 unspecified atom stereocenters. The van der Waals surface area contributed by atoms with Gasteiger partial charge in [-0.25, -0.2) is 4.79 Å². The minimum atomic E-state index is -1.30. The molecule has 27 heavy (non-hydrogen) atoms. The van der Waals surface area contributed by atoms with E-state index in [1.807, 2.05) is 6.92 Å². The quantitative estimate of drug-likeness (QED) is 0.590. The fourth-order valence-corrected chi connectivity index (χ4v) is 8.53. The molecule has 4 heterocycles. The van der Waals surface area contributed by atoms with Crippen LogP contribution in [0.3, 0.4) is 0 Å². The fraction of sp³-hybridized carbons (Fsp3) is 0.950. The van der Waals surface area contributed by atoms with Gasteiger partial charge in [0.25, 0.3) is 0 Å². The van der Waals surface area contributed by atoms with Gasteiger partial charge >= 0.3 is 5.97 Å². The van der Waals surface area contributed by atoms with Crippen molar-refractivity contribution in [3.63, 3.8) is 0 Å². The topological polar surface area (TPSA) is 94.5 Å².